The lowest BCUT2D eigenvalue weighted by Gasteiger charge is -1.97. The number of rotatable bonds is 4. The van der Waals surface area contributed by atoms with E-state index in [9.17, 15) is 14.9 Å². The Labute approximate surface area is 126 Å². The monoisotopic (exact) mass is 321 g/mol. The molecule has 9 heteroatoms. The molecule has 0 aromatic carbocycles. The third-order valence-corrected chi connectivity index (χ3v) is 4.29. The molecule has 106 valence electrons. The first-order valence-electron chi connectivity index (χ1n) is 5.68. The van der Waals surface area contributed by atoms with Crippen LogP contribution in [-0.2, 0) is 0 Å². The SMILES string of the molecule is O=C(Nc1nc(-c2ccco2)cs1)c1ccc([N+](=O)[O-])s1. The van der Waals surface area contributed by atoms with E-state index in [-0.39, 0.29) is 9.88 Å². The van der Waals surface area contributed by atoms with Crippen molar-refractivity contribution < 1.29 is 14.1 Å². The molecule has 7 nitrogen and oxygen atoms in total. The Balaban J connectivity index is 1.74. The summed E-state index contributed by atoms with van der Waals surface area (Å²) in [5.74, 6) is 0.187. The minimum atomic E-state index is -0.528. The van der Waals surface area contributed by atoms with Gasteiger partial charge in [-0.1, -0.05) is 11.3 Å². The quantitative estimate of drug-likeness (QED) is 0.584. The summed E-state index contributed by atoms with van der Waals surface area (Å²) in [5, 5.41) is 15.3. The summed E-state index contributed by atoms with van der Waals surface area (Å²) in [4.78, 5) is 26.5. The molecule has 1 N–H and O–H groups in total. The van der Waals surface area contributed by atoms with E-state index in [4.69, 9.17) is 4.42 Å². The molecule has 0 bridgehead atoms. The number of furan rings is 1. The second-order valence-electron chi connectivity index (χ2n) is 3.86. The molecule has 0 aliphatic heterocycles. The third-order valence-electron chi connectivity index (χ3n) is 2.49. The number of hydrogen-bond donors (Lipinski definition) is 1. The Kier molecular flexibility index (Phi) is 3.50. The highest BCUT2D eigenvalue weighted by Gasteiger charge is 2.16. The standard InChI is InChI=1S/C12H7N3O4S2/c16-11(9-3-4-10(21-9)15(17)18)14-12-13-7(6-20-12)8-2-1-5-19-8/h1-6H,(H,13,14,16). The van der Waals surface area contributed by atoms with Gasteiger partial charge in [0.1, 0.15) is 5.69 Å². The van der Waals surface area contributed by atoms with Gasteiger partial charge in [0.2, 0.25) is 0 Å². The maximum atomic E-state index is 12.0. The first kappa shape index (κ1) is 13.5. The van der Waals surface area contributed by atoms with Gasteiger partial charge in [0.15, 0.2) is 10.9 Å². The maximum absolute atomic E-state index is 12.0. The zero-order valence-electron chi connectivity index (χ0n) is 10.3. The van der Waals surface area contributed by atoms with Crippen molar-refractivity contribution in [3.05, 3.63) is 50.9 Å². The molecule has 3 rings (SSSR count). The van der Waals surface area contributed by atoms with Crippen LogP contribution in [0.4, 0.5) is 10.1 Å². The molecule has 0 aliphatic carbocycles. The fourth-order valence-electron chi connectivity index (χ4n) is 1.58. The first-order chi connectivity index (χ1) is 10.1. The van der Waals surface area contributed by atoms with Crippen molar-refractivity contribution in [1.29, 1.82) is 0 Å². The van der Waals surface area contributed by atoms with E-state index < -0.39 is 10.8 Å². The lowest BCUT2D eigenvalue weighted by atomic mass is 10.4. The summed E-state index contributed by atoms with van der Waals surface area (Å²) in [6, 6.07) is 6.23. The number of nitrogens with zero attached hydrogens (tertiary/aromatic N) is 2. The zero-order chi connectivity index (χ0) is 14.8. The van der Waals surface area contributed by atoms with Crippen molar-refractivity contribution in [3.63, 3.8) is 0 Å². The van der Waals surface area contributed by atoms with Crippen LogP contribution in [0.5, 0.6) is 0 Å². The number of hydrogen-bond acceptors (Lipinski definition) is 7. The number of anilines is 1. The van der Waals surface area contributed by atoms with E-state index in [1.807, 2.05) is 0 Å². The second-order valence-corrected chi connectivity index (χ2v) is 5.78. The van der Waals surface area contributed by atoms with Crippen LogP contribution in [0, 0.1) is 10.1 Å². The van der Waals surface area contributed by atoms with Crippen molar-refractivity contribution in [2.75, 3.05) is 5.32 Å². The normalized spacial score (nSPS) is 10.5. The highest BCUT2D eigenvalue weighted by Crippen LogP contribution is 2.27. The van der Waals surface area contributed by atoms with Crippen molar-refractivity contribution in [1.82, 2.24) is 4.98 Å². The van der Waals surface area contributed by atoms with Crippen LogP contribution >= 0.6 is 22.7 Å². The van der Waals surface area contributed by atoms with Gasteiger partial charge in [-0.05, 0) is 18.2 Å². The summed E-state index contributed by atoms with van der Waals surface area (Å²) in [7, 11) is 0. The van der Waals surface area contributed by atoms with Gasteiger partial charge in [-0.3, -0.25) is 20.2 Å². The lowest BCUT2D eigenvalue weighted by molar-refractivity contribution is -0.380. The number of carbonyl (C=O) groups is 1. The number of nitro groups is 1. The van der Waals surface area contributed by atoms with Crippen LogP contribution in [0.25, 0.3) is 11.5 Å². The Hall–Kier alpha value is -2.52. The van der Waals surface area contributed by atoms with Crippen molar-refractivity contribution in [3.8, 4) is 11.5 Å². The largest absolute Gasteiger partial charge is 0.463 e. The van der Waals surface area contributed by atoms with E-state index in [1.165, 1.54) is 29.7 Å². The van der Waals surface area contributed by atoms with Crippen LogP contribution in [0.3, 0.4) is 0 Å². The molecule has 0 saturated carbocycles. The summed E-state index contributed by atoms with van der Waals surface area (Å²) in [5.41, 5.74) is 0.623. The highest BCUT2D eigenvalue weighted by atomic mass is 32.1. The van der Waals surface area contributed by atoms with E-state index in [2.05, 4.69) is 10.3 Å². The molecule has 0 radical (unpaired) electrons. The molecule has 0 aliphatic rings. The van der Waals surface area contributed by atoms with Gasteiger partial charge in [0.05, 0.1) is 16.1 Å². The molecule has 0 fully saturated rings. The van der Waals surface area contributed by atoms with Crippen LogP contribution in [0.1, 0.15) is 9.67 Å². The lowest BCUT2D eigenvalue weighted by Crippen LogP contribution is -2.09. The van der Waals surface area contributed by atoms with Gasteiger partial charge in [0, 0.05) is 11.4 Å². The molecular weight excluding hydrogens is 314 g/mol. The maximum Gasteiger partial charge on any atom is 0.324 e. The smallest absolute Gasteiger partial charge is 0.324 e. The summed E-state index contributed by atoms with van der Waals surface area (Å²) in [6.07, 6.45) is 1.54. The van der Waals surface area contributed by atoms with Gasteiger partial charge < -0.3 is 4.42 Å². The Morgan fingerprint density at radius 2 is 2.24 bits per heavy atom. The van der Waals surface area contributed by atoms with E-state index >= 15 is 0 Å². The van der Waals surface area contributed by atoms with Gasteiger partial charge in [-0.15, -0.1) is 11.3 Å². The number of nitrogens with one attached hydrogen (secondary N) is 1. The summed E-state index contributed by atoms with van der Waals surface area (Å²) >= 11 is 2.07. The molecule has 3 heterocycles. The zero-order valence-corrected chi connectivity index (χ0v) is 11.9. The fraction of sp³-hybridized carbons (Fsp3) is 0. The van der Waals surface area contributed by atoms with Crippen LogP contribution in [0.2, 0.25) is 0 Å². The minimum absolute atomic E-state index is 0.0736. The predicted molar refractivity (Wildman–Crippen MR) is 78.7 cm³/mol. The molecular formula is C12H7N3O4S2. The summed E-state index contributed by atoms with van der Waals surface area (Å²) in [6.45, 7) is 0. The van der Waals surface area contributed by atoms with Crippen LogP contribution in [0.15, 0.2) is 40.3 Å². The summed E-state index contributed by atoms with van der Waals surface area (Å²) < 4.78 is 5.21. The number of aromatic nitrogens is 1. The van der Waals surface area contributed by atoms with Gasteiger partial charge in [-0.25, -0.2) is 4.98 Å². The molecule has 0 saturated heterocycles. The van der Waals surface area contributed by atoms with Crippen LogP contribution < -0.4 is 5.32 Å². The Morgan fingerprint density at radius 3 is 2.90 bits per heavy atom. The average molecular weight is 321 g/mol. The minimum Gasteiger partial charge on any atom is -0.463 e. The molecule has 0 unspecified atom stereocenters. The number of thiazole rings is 1. The van der Waals surface area contributed by atoms with Gasteiger partial charge in [-0.2, -0.15) is 0 Å². The van der Waals surface area contributed by atoms with Crippen molar-refractivity contribution in [2.45, 2.75) is 0 Å². The van der Waals surface area contributed by atoms with E-state index in [0.29, 0.717) is 16.6 Å². The van der Waals surface area contributed by atoms with E-state index in [0.717, 1.165) is 11.3 Å². The second kappa shape index (κ2) is 5.46. The molecule has 0 spiro atoms. The van der Waals surface area contributed by atoms with Crippen LogP contribution in [-0.4, -0.2) is 15.8 Å². The molecule has 21 heavy (non-hydrogen) atoms. The van der Waals surface area contributed by atoms with Crippen molar-refractivity contribution in [2.24, 2.45) is 0 Å². The number of thiophene rings is 1. The molecule has 1 amide bonds. The van der Waals surface area contributed by atoms with Gasteiger partial charge in [0.25, 0.3) is 5.91 Å². The molecule has 3 aromatic heterocycles. The topological polar surface area (TPSA) is 98.3 Å². The number of carbonyl (C=O) groups excluding carboxylic acids is 1. The predicted octanol–water partition coefficient (Wildman–Crippen LogP) is 3.63. The Morgan fingerprint density at radius 1 is 1.38 bits per heavy atom. The molecule has 0 atom stereocenters. The fourth-order valence-corrected chi connectivity index (χ4v) is 2.99. The third kappa shape index (κ3) is 2.83. The average Bonchev–Trinajstić information content (AvgIpc) is 3.19. The number of amides is 1. The first-order valence-corrected chi connectivity index (χ1v) is 7.38. The Bertz CT molecular complexity index is 791. The highest BCUT2D eigenvalue weighted by molar-refractivity contribution is 7.17. The van der Waals surface area contributed by atoms with Crippen molar-refractivity contribution >= 4 is 38.7 Å². The van der Waals surface area contributed by atoms with E-state index in [1.54, 1.807) is 17.5 Å². The van der Waals surface area contributed by atoms with Gasteiger partial charge >= 0.3 is 5.00 Å². The molecule has 3 aromatic rings.